The SMILES string of the molecule is Cc1ccc(Cl)c(Oc2ccc(CO)cn2)c1. The smallest absolute Gasteiger partial charge is 0.219 e. The minimum Gasteiger partial charge on any atom is -0.437 e. The summed E-state index contributed by atoms with van der Waals surface area (Å²) >= 11 is 6.01. The summed E-state index contributed by atoms with van der Waals surface area (Å²) in [6, 6.07) is 9.01. The monoisotopic (exact) mass is 249 g/mol. The van der Waals surface area contributed by atoms with Gasteiger partial charge in [-0.3, -0.25) is 0 Å². The summed E-state index contributed by atoms with van der Waals surface area (Å²) in [4.78, 5) is 4.07. The first kappa shape index (κ1) is 11.9. The first-order valence-corrected chi connectivity index (χ1v) is 5.56. The van der Waals surface area contributed by atoms with Crippen molar-refractivity contribution >= 4 is 11.6 Å². The first-order chi connectivity index (χ1) is 8.19. The molecule has 0 aliphatic carbocycles. The van der Waals surface area contributed by atoms with Crippen LogP contribution in [0.25, 0.3) is 0 Å². The quantitative estimate of drug-likeness (QED) is 0.907. The highest BCUT2D eigenvalue weighted by molar-refractivity contribution is 6.32. The van der Waals surface area contributed by atoms with Crippen molar-refractivity contribution in [1.82, 2.24) is 4.98 Å². The van der Waals surface area contributed by atoms with Gasteiger partial charge in [0.1, 0.15) is 5.75 Å². The number of rotatable bonds is 3. The van der Waals surface area contributed by atoms with E-state index in [4.69, 9.17) is 21.4 Å². The van der Waals surface area contributed by atoms with Crippen molar-refractivity contribution in [1.29, 1.82) is 0 Å². The van der Waals surface area contributed by atoms with Crippen molar-refractivity contribution < 1.29 is 9.84 Å². The molecule has 1 aromatic heterocycles. The molecule has 0 aliphatic heterocycles. The third-order valence-electron chi connectivity index (χ3n) is 2.28. The molecule has 0 radical (unpaired) electrons. The van der Waals surface area contributed by atoms with Gasteiger partial charge in [0.05, 0.1) is 11.6 Å². The Bertz CT molecular complexity index is 511. The van der Waals surface area contributed by atoms with Crippen LogP contribution in [0.5, 0.6) is 11.6 Å². The van der Waals surface area contributed by atoms with Gasteiger partial charge >= 0.3 is 0 Å². The zero-order valence-corrected chi connectivity index (χ0v) is 10.1. The van der Waals surface area contributed by atoms with E-state index in [9.17, 15) is 0 Å². The largest absolute Gasteiger partial charge is 0.437 e. The maximum Gasteiger partial charge on any atom is 0.219 e. The summed E-state index contributed by atoms with van der Waals surface area (Å²) in [5, 5.41) is 9.44. The van der Waals surface area contributed by atoms with E-state index < -0.39 is 0 Å². The Kier molecular flexibility index (Phi) is 3.61. The van der Waals surface area contributed by atoms with Crippen LogP contribution in [0.1, 0.15) is 11.1 Å². The molecule has 0 saturated heterocycles. The number of aliphatic hydroxyl groups excluding tert-OH is 1. The van der Waals surface area contributed by atoms with Crippen molar-refractivity contribution in [2.45, 2.75) is 13.5 Å². The molecular formula is C13H12ClNO2. The van der Waals surface area contributed by atoms with Crippen LogP contribution in [-0.2, 0) is 6.61 Å². The molecule has 1 heterocycles. The average Bonchev–Trinajstić information content (AvgIpc) is 2.35. The highest BCUT2D eigenvalue weighted by atomic mass is 35.5. The van der Waals surface area contributed by atoms with Crippen LogP contribution in [0.2, 0.25) is 5.02 Å². The topological polar surface area (TPSA) is 42.4 Å². The number of hydrogen-bond acceptors (Lipinski definition) is 3. The Morgan fingerprint density at radius 2 is 2.12 bits per heavy atom. The number of aliphatic hydroxyl groups is 1. The molecule has 17 heavy (non-hydrogen) atoms. The molecule has 0 unspecified atom stereocenters. The van der Waals surface area contributed by atoms with Crippen molar-refractivity contribution in [2.24, 2.45) is 0 Å². The minimum absolute atomic E-state index is 0.0293. The molecule has 2 aromatic rings. The lowest BCUT2D eigenvalue weighted by molar-refractivity contribution is 0.281. The number of ether oxygens (including phenoxy) is 1. The molecule has 0 spiro atoms. The molecule has 3 nitrogen and oxygen atoms in total. The van der Waals surface area contributed by atoms with Crippen LogP contribution < -0.4 is 4.74 Å². The Balaban J connectivity index is 2.22. The minimum atomic E-state index is -0.0293. The van der Waals surface area contributed by atoms with Gasteiger partial charge in [-0.25, -0.2) is 4.98 Å². The normalized spacial score (nSPS) is 10.3. The summed E-state index contributed by atoms with van der Waals surface area (Å²) in [6.45, 7) is 1.93. The lowest BCUT2D eigenvalue weighted by Gasteiger charge is -2.07. The van der Waals surface area contributed by atoms with Gasteiger partial charge < -0.3 is 9.84 Å². The zero-order chi connectivity index (χ0) is 12.3. The molecule has 0 bridgehead atoms. The Morgan fingerprint density at radius 3 is 2.76 bits per heavy atom. The highest BCUT2D eigenvalue weighted by Gasteiger charge is 2.04. The number of aryl methyl sites for hydroxylation is 1. The van der Waals surface area contributed by atoms with Gasteiger partial charge in [0.2, 0.25) is 5.88 Å². The van der Waals surface area contributed by atoms with E-state index in [0.717, 1.165) is 11.1 Å². The summed E-state index contributed by atoms with van der Waals surface area (Å²) < 4.78 is 5.56. The highest BCUT2D eigenvalue weighted by Crippen LogP contribution is 2.29. The zero-order valence-electron chi connectivity index (χ0n) is 9.35. The van der Waals surface area contributed by atoms with E-state index in [1.54, 1.807) is 24.4 Å². The summed E-state index contributed by atoms with van der Waals surface area (Å²) in [5.41, 5.74) is 1.81. The third-order valence-corrected chi connectivity index (χ3v) is 2.59. The van der Waals surface area contributed by atoms with Crippen molar-refractivity contribution in [3.8, 4) is 11.6 Å². The molecule has 2 rings (SSSR count). The molecule has 0 aliphatic rings. The van der Waals surface area contributed by atoms with E-state index >= 15 is 0 Å². The fraction of sp³-hybridized carbons (Fsp3) is 0.154. The van der Waals surface area contributed by atoms with Crippen LogP contribution in [0.3, 0.4) is 0 Å². The van der Waals surface area contributed by atoms with Gasteiger partial charge in [-0.15, -0.1) is 0 Å². The van der Waals surface area contributed by atoms with Crippen LogP contribution in [0.4, 0.5) is 0 Å². The van der Waals surface area contributed by atoms with E-state index in [1.165, 1.54) is 0 Å². The maximum atomic E-state index is 8.90. The van der Waals surface area contributed by atoms with Gasteiger partial charge in [-0.2, -0.15) is 0 Å². The van der Waals surface area contributed by atoms with Crippen molar-refractivity contribution in [3.05, 3.63) is 52.7 Å². The van der Waals surface area contributed by atoms with Crippen LogP contribution >= 0.6 is 11.6 Å². The molecule has 0 atom stereocenters. The molecule has 0 fully saturated rings. The Labute approximate surface area is 105 Å². The number of nitrogens with zero attached hydrogens (tertiary/aromatic N) is 1. The number of aromatic nitrogens is 1. The predicted molar refractivity (Wildman–Crippen MR) is 66.4 cm³/mol. The standard InChI is InChI=1S/C13H12ClNO2/c1-9-2-4-11(14)12(6-9)17-13-5-3-10(8-16)7-15-13/h2-7,16H,8H2,1H3. The van der Waals surface area contributed by atoms with E-state index in [-0.39, 0.29) is 6.61 Å². The first-order valence-electron chi connectivity index (χ1n) is 5.19. The second-order valence-electron chi connectivity index (χ2n) is 3.70. The van der Waals surface area contributed by atoms with Gasteiger partial charge in [0, 0.05) is 12.3 Å². The lowest BCUT2D eigenvalue weighted by atomic mass is 10.2. The average molecular weight is 250 g/mol. The number of hydrogen-bond donors (Lipinski definition) is 1. The number of halogens is 1. The van der Waals surface area contributed by atoms with E-state index in [0.29, 0.717) is 16.7 Å². The second kappa shape index (κ2) is 5.17. The van der Waals surface area contributed by atoms with Crippen molar-refractivity contribution in [2.75, 3.05) is 0 Å². The van der Waals surface area contributed by atoms with Crippen LogP contribution in [0, 0.1) is 6.92 Å². The molecule has 4 heteroatoms. The fourth-order valence-corrected chi connectivity index (χ4v) is 1.52. The van der Waals surface area contributed by atoms with Crippen LogP contribution in [-0.4, -0.2) is 10.1 Å². The maximum absolute atomic E-state index is 8.90. The summed E-state index contributed by atoms with van der Waals surface area (Å²) in [6.07, 6.45) is 1.57. The predicted octanol–water partition coefficient (Wildman–Crippen LogP) is 3.33. The van der Waals surface area contributed by atoms with Gasteiger partial charge in [0.25, 0.3) is 0 Å². The second-order valence-corrected chi connectivity index (χ2v) is 4.11. The van der Waals surface area contributed by atoms with Gasteiger partial charge in [0.15, 0.2) is 0 Å². The Hall–Kier alpha value is -1.58. The Morgan fingerprint density at radius 1 is 1.29 bits per heavy atom. The number of benzene rings is 1. The van der Waals surface area contributed by atoms with Crippen molar-refractivity contribution in [3.63, 3.8) is 0 Å². The lowest BCUT2D eigenvalue weighted by Crippen LogP contribution is -1.91. The molecule has 0 saturated carbocycles. The summed E-state index contributed by atoms with van der Waals surface area (Å²) in [5.74, 6) is 1.03. The molecule has 1 aromatic carbocycles. The molecular weight excluding hydrogens is 238 g/mol. The number of pyridine rings is 1. The third kappa shape index (κ3) is 2.96. The molecule has 1 N–H and O–H groups in total. The van der Waals surface area contributed by atoms with Crippen LogP contribution in [0.15, 0.2) is 36.5 Å². The van der Waals surface area contributed by atoms with E-state index in [2.05, 4.69) is 4.98 Å². The summed E-state index contributed by atoms with van der Waals surface area (Å²) in [7, 11) is 0. The van der Waals surface area contributed by atoms with E-state index in [1.807, 2.05) is 19.1 Å². The van der Waals surface area contributed by atoms with Gasteiger partial charge in [-0.05, 0) is 36.2 Å². The molecule has 88 valence electrons. The van der Waals surface area contributed by atoms with Gasteiger partial charge in [-0.1, -0.05) is 17.7 Å². The fourth-order valence-electron chi connectivity index (χ4n) is 1.37. The molecule has 0 amide bonds.